The van der Waals surface area contributed by atoms with E-state index in [0.717, 1.165) is 11.1 Å². The van der Waals surface area contributed by atoms with Crippen molar-refractivity contribution in [3.8, 4) is 0 Å². The summed E-state index contributed by atoms with van der Waals surface area (Å²) in [6.07, 6.45) is -0.0480. The Morgan fingerprint density at radius 1 is 0.844 bits per heavy atom. The van der Waals surface area contributed by atoms with Crippen LogP contribution in [0.2, 0.25) is 0 Å². The fourth-order valence-electron chi connectivity index (χ4n) is 5.28. The van der Waals surface area contributed by atoms with Crippen LogP contribution in [0, 0.1) is 11.8 Å². The van der Waals surface area contributed by atoms with Crippen LogP contribution in [0.1, 0.15) is 36.6 Å². The van der Waals surface area contributed by atoms with E-state index in [9.17, 15) is 14.4 Å². The smallest absolute Gasteiger partial charge is 0.325 e. The largest absolute Gasteiger partial charge is 0.469 e. The molecule has 2 heterocycles. The van der Waals surface area contributed by atoms with Crippen LogP contribution in [0.5, 0.6) is 0 Å². The monoisotopic (exact) mass is 437 g/mol. The van der Waals surface area contributed by atoms with Gasteiger partial charge in [-0.15, -0.1) is 0 Å². The number of carbonyl (C=O) groups excluding carboxylic acids is 3. The van der Waals surface area contributed by atoms with Gasteiger partial charge in [0, 0.05) is 6.04 Å². The Labute approximate surface area is 187 Å². The molecule has 2 aliphatic heterocycles. The van der Waals surface area contributed by atoms with Gasteiger partial charge in [0.2, 0.25) is 0 Å². The molecule has 2 aromatic carbocycles. The minimum atomic E-state index is -1.01. The molecule has 4 rings (SSSR count). The van der Waals surface area contributed by atoms with E-state index in [1.165, 1.54) is 14.2 Å². The number of hydrogen-bond donors (Lipinski definition) is 0. The van der Waals surface area contributed by atoms with Gasteiger partial charge in [-0.05, 0) is 17.5 Å². The summed E-state index contributed by atoms with van der Waals surface area (Å²) in [4.78, 5) is 41.0. The Morgan fingerprint density at radius 2 is 1.38 bits per heavy atom. The molecule has 7 nitrogen and oxygen atoms in total. The maximum atomic E-state index is 13.4. The van der Waals surface area contributed by atoms with E-state index in [1.807, 2.05) is 72.5 Å². The third-order valence-electron chi connectivity index (χ3n) is 6.57. The molecule has 0 aliphatic carbocycles. The molecule has 0 aromatic heterocycles. The highest BCUT2D eigenvalue weighted by atomic mass is 16.6. The van der Waals surface area contributed by atoms with Crippen molar-refractivity contribution in [1.29, 1.82) is 0 Å². The maximum Gasteiger partial charge on any atom is 0.325 e. The van der Waals surface area contributed by atoms with Crippen LogP contribution in [-0.4, -0.2) is 49.1 Å². The Kier molecular flexibility index (Phi) is 6.28. The molecule has 0 saturated carbocycles. The van der Waals surface area contributed by atoms with Gasteiger partial charge < -0.3 is 14.2 Å². The van der Waals surface area contributed by atoms with E-state index < -0.39 is 47.9 Å². The highest BCUT2D eigenvalue weighted by Gasteiger charge is 2.63. The molecule has 0 amide bonds. The SMILES string of the molecule is CC[C@@H]1[C@@H](C(=O)OC)[C@@H](C(=O)OC)[C@H]2C(=O)O[C@H](c3ccccc3)[C@H](c3ccccc3)N12. The second-order valence-electron chi connectivity index (χ2n) is 8.09. The summed E-state index contributed by atoms with van der Waals surface area (Å²) in [5.74, 6) is -3.53. The average molecular weight is 437 g/mol. The zero-order valence-electron chi connectivity index (χ0n) is 18.3. The number of morpholine rings is 1. The minimum Gasteiger partial charge on any atom is -0.469 e. The van der Waals surface area contributed by atoms with Gasteiger partial charge in [-0.1, -0.05) is 67.6 Å². The van der Waals surface area contributed by atoms with Crippen molar-refractivity contribution in [2.75, 3.05) is 14.2 Å². The third kappa shape index (κ3) is 3.56. The molecule has 0 unspecified atom stereocenters. The van der Waals surface area contributed by atoms with E-state index in [0.29, 0.717) is 6.42 Å². The molecular formula is C25H27NO6. The van der Waals surface area contributed by atoms with Crippen LogP contribution in [0.15, 0.2) is 60.7 Å². The predicted molar refractivity (Wildman–Crippen MR) is 115 cm³/mol. The molecule has 2 aromatic rings. The maximum absolute atomic E-state index is 13.4. The summed E-state index contributed by atoms with van der Waals surface area (Å²) in [5, 5.41) is 0. The lowest BCUT2D eigenvalue weighted by molar-refractivity contribution is -0.180. The van der Waals surface area contributed by atoms with E-state index >= 15 is 0 Å². The van der Waals surface area contributed by atoms with Gasteiger partial charge in [0.15, 0.2) is 0 Å². The second-order valence-corrected chi connectivity index (χ2v) is 8.09. The molecule has 2 saturated heterocycles. The summed E-state index contributed by atoms with van der Waals surface area (Å²) in [6.45, 7) is 1.94. The van der Waals surface area contributed by atoms with Crippen molar-refractivity contribution in [3.05, 3.63) is 71.8 Å². The number of esters is 3. The van der Waals surface area contributed by atoms with Crippen molar-refractivity contribution >= 4 is 17.9 Å². The number of rotatable bonds is 5. The van der Waals surface area contributed by atoms with Gasteiger partial charge in [-0.2, -0.15) is 0 Å². The second kappa shape index (κ2) is 9.12. The number of methoxy groups -OCH3 is 2. The van der Waals surface area contributed by atoms with Crippen LogP contribution in [0.3, 0.4) is 0 Å². The van der Waals surface area contributed by atoms with Crippen LogP contribution in [0.25, 0.3) is 0 Å². The van der Waals surface area contributed by atoms with E-state index in [-0.39, 0.29) is 6.04 Å². The van der Waals surface area contributed by atoms with Gasteiger partial charge in [0.25, 0.3) is 0 Å². The number of nitrogens with zero attached hydrogens (tertiary/aromatic N) is 1. The highest BCUT2D eigenvalue weighted by Crippen LogP contribution is 2.52. The Bertz CT molecular complexity index is 978. The first kappa shape index (κ1) is 22.0. The van der Waals surface area contributed by atoms with E-state index in [1.54, 1.807) is 0 Å². The molecular weight excluding hydrogens is 410 g/mol. The Hall–Kier alpha value is -3.19. The van der Waals surface area contributed by atoms with Gasteiger partial charge in [0.05, 0.1) is 32.1 Å². The van der Waals surface area contributed by atoms with Crippen LogP contribution in [-0.2, 0) is 28.6 Å². The van der Waals surface area contributed by atoms with Crippen LogP contribution in [0.4, 0.5) is 0 Å². The number of ether oxygens (including phenoxy) is 3. The van der Waals surface area contributed by atoms with Crippen molar-refractivity contribution in [2.24, 2.45) is 11.8 Å². The molecule has 32 heavy (non-hydrogen) atoms. The molecule has 0 spiro atoms. The lowest BCUT2D eigenvalue weighted by atomic mass is 9.86. The van der Waals surface area contributed by atoms with Crippen LogP contribution < -0.4 is 0 Å². The molecule has 7 heteroatoms. The summed E-state index contributed by atoms with van der Waals surface area (Å²) in [7, 11) is 2.55. The quantitative estimate of drug-likeness (QED) is 0.525. The van der Waals surface area contributed by atoms with E-state index in [4.69, 9.17) is 14.2 Å². The number of carbonyl (C=O) groups is 3. The Morgan fingerprint density at radius 3 is 1.91 bits per heavy atom. The zero-order chi connectivity index (χ0) is 22.8. The molecule has 168 valence electrons. The van der Waals surface area contributed by atoms with Crippen LogP contribution >= 0.6 is 0 Å². The van der Waals surface area contributed by atoms with Crippen molar-refractivity contribution < 1.29 is 28.6 Å². The first-order chi connectivity index (χ1) is 15.5. The molecule has 0 radical (unpaired) electrons. The first-order valence-corrected chi connectivity index (χ1v) is 10.8. The molecule has 2 aliphatic rings. The first-order valence-electron chi connectivity index (χ1n) is 10.8. The van der Waals surface area contributed by atoms with Gasteiger partial charge >= 0.3 is 17.9 Å². The van der Waals surface area contributed by atoms with Crippen molar-refractivity contribution in [1.82, 2.24) is 4.90 Å². The standard InChI is InChI=1S/C25H27NO6/c1-4-17-18(23(27)30-2)19(24(28)31-3)21-25(29)32-22(16-13-9-6-10-14-16)20(26(17)21)15-11-7-5-8-12-15/h5-14,17-22H,4H2,1-3H3/t17-,18-,19-,20+,21+,22-/m1/s1. The number of cyclic esters (lactones) is 1. The van der Waals surface area contributed by atoms with Crippen molar-refractivity contribution in [2.45, 2.75) is 37.6 Å². The summed E-state index contributed by atoms with van der Waals surface area (Å²) in [5.41, 5.74) is 1.78. The summed E-state index contributed by atoms with van der Waals surface area (Å²) >= 11 is 0. The highest BCUT2D eigenvalue weighted by molar-refractivity contribution is 5.91. The fraction of sp³-hybridized carbons (Fsp3) is 0.400. The fourth-order valence-corrected chi connectivity index (χ4v) is 5.28. The third-order valence-corrected chi connectivity index (χ3v) is 6.57. The normalized spacial score (nSPS) is 29.7. The number of benzene rings is 2. The molecule has 6 atom stereocenters. The topological polar surface area (TPSA) is 82.1 Å². The predicted octanol–water partition coefficient (Wildman–Crippen LogP) is 3.07. The summed E-state index contributed by atoms with van der Waals surface area (Å²) < 4.78 is 16.1. The lowest BCUT2D eigenvalue weighted by Gasteiger charge is -2.45. The molecule has 0 N–H and O–H groups in total. The number of fused-ring (bicyclic) bond motifs is 1. The molecule has 0 bridgehead atoms. The minimum absolute atomic E-state index is 0.381. The lowest BCUT2D eigenvalue weighted by Crippen LogP contribution is -2.53. The Balaban J connectivity index is 1.90. The van der Waals surface area contributed by atoms with Crippen molar-refractivity contribution in [3.63, 3.8) is 0 Å². The van der Waals surface area contributed by atoms with Gasteiger partial charge in [0.1, 0.15) is 12.1 Å². The zero-order valence-corrected chi connectivity index (χ0v) is 18.3. The van der Waals surface area contributed by atoms with Gasteiger partial charge in [-0.25, -0.2) is 0 Å². The number of hydrogen-bond acceptors (Lipinski definition) is 7. The molecule has 2 fully saturated rings. The van der Waals surface area contributed by atoms with E-state index in [2.05, 4.69) is 0 Å². The summed E-state index contributed by atoms with van der Waals surface area (Å²) in [6, 6.07) is 17.5. The van der Waals surface area contributed by atoms with Gasteiger partial charge in [-0.3, -0.25) is 19.3 Å². The average Bonchev–Trinajstić information content (AvgIpc) is 3.19.